The zero-order chi connectivity index (χ0) is 21.1. The van der Waals surface area contributed by atoms with Crippen LogP contribution in [-0.2, 0) is 13.0 Å². The van der Waals surface area contributed by atoms with Gasteiger partial charge in [0.2, 0.25) is 5.82 Å². The molecule has 4 rings (SSSR count). The highest BCUT2D eigenvalue weighted by molar-refractivity contribution is 5.97. The second-order valence-electron chi connectivity index (χ2n) is 7.12. The minimum atomic E-state index is -0.149. The summed E-state index contributed by atoms with van der Waals surface area (Å²) in [5.41, 5.74) is 2.88. The number of nitrogens with one attached hydrogen (secondary N) is 1. The molecule has 0 fully saturated rings. The van der Waals surface area contributed by atoms with E-state index in [1.165, 1.54) is 6.92 Å². The minimum absolute atomic E-state index is 0.0636. The number of fused-ring (bicyclic) bond motifs is 1. The smallest absolute Gasteiger partial charge is 0.205 e. The van der Waals surface area contributed by atoms with Crippen LogP contribution in [-0.4, -0.2) is 31.5 Å². The molecule has 0 unspecified atom stereocenters. The van der Waals surface area contributed by atoms with E-state index < -0.39 is 0 Å². The third kappa shape index (κ3) is 3.74. The van der Waals surface area contributed by atoms with Gasteiger partial charge in [0, 0.05) is 11.1 Å². The Hall–Kier alpha value is -3.74. The second kappa shape index (κ2) is 8.32. The van der Waals surface area contributed by atoms with Crippen LogP contribution in [0.4, 0.5) is 0 Å². The standard InChI is InChI=1S/C23H22N4O3/c1-3-5-20-16(8-10-18(14(2)28)22(20)29)13-30-17-9-11-19-15(12-17)6-4-7-21(19)23-24-26-27-25-23/h4,6-12,29H,3,5,13H2,1-2H3,(H,24,25,26,27). The molecule has 0 atom stereocenters. The molecule has 7 heteroatoms. The monoisotopic (exact) mass is 402 g/mol. The molecule has 0 aliphatic carbocycles. The number of aromatic amines is 1. The predicted molar refractivity (Wildman–Crippen MR) is 114 cm³/mol. The van der Waals surface area contributed by atoms with Crippen molar-refractivity contribution in [3.8, 4) is 22.9 Å². The molecule has 0 bridgehead atoms. The highest BCUT2D eigenvalue weighted by Crippen LogP contribution is 2.31. The lowest BCUT2D eigenvalue weighted by molar-refractivity contribution is 0.101. The average molecular weight is 402 g/mol. The molecule has 3 aromatic carbocycles. The summed E-state index contributed by atoms with van der Waals surface area (Å²) in [7, 11) is 0. The number of Topliss-reactive ketones (excluding diaryl/α,β-unsaturated/α-hetero) is 1. The van der Waals surface area contributed by atoms with Crippen LogP contribution in [0.2, 0.25) is 0 Å². The number of aromatic nitrogens is 4. The van der Waals surface area contributed by atoms with Crippen LogP contribution in [0.25, 0.3) is 22.2 Å². The number of hydrogen-bond acceptors (Lipinski definition) is 6. The third-order valence-corrected chi connectivity index (χ3v) is 5.09. The number of phenolic OH excluding ortho intramolecular Hbond substituents is 1. The van der Waals surface area contributed by atoms with Crippen molar-refractivity contribution in [3.05, 3.63) is 65.2 Å². The molecule has 4 aromatic rings. The van der Waals surface area contributed by atoms with Gasteiger partial charge in [-0.25, -0.2) is 0 Å². The first-order chi connectivity index (χ1) is 14.6. The highest BCUT2D eigenvalue weighted by atomic mass is 16.5. The van der Waals surface area contributed by atoms with E-state index in [2.05, 4.69) is 20.6 Å². The summed E-state index contributed by atoms with van der Waals surface area (Å²) in [6, 6.07) is 15.2. The Morgan fingerprint density at radius 1 is 1.17 bits per heavy atom. The lowest BCUT2D eigenvalue weighted by Gasteiger charge is -2.15. The van der Waals surface area contributed by atoms with E-state index in [0.717, 1.165) is 33.9 Å². The molecule has 30 heavy (non-hydrogen) atoms. The van der Waals surface area contributed by atoms with Gasteiger partial charge in [-0.3, -0.25) is 4.79 Å². The number of benzene rings is 3. The van der Waals surface area contributed by atoms with Gasteiger partial charge in [0.15, 0.2) is 5.78 Å². The zero-order valence-electron chi connectivity index (χ0n) is 16.8. The number of nitrogens with zero attached hydrogens (tertiary/aromatic N) is 3. The molecule has 0 radical (unpaired) electrons. The fourth-order valence-corrected chi connectivity index (χ4v) is 3.61. The summed E-state index contributed by atoms with van der Waals surface area (Å²) >= 11 is 0. The number of ketones is 1. The van der Waals surface area contributed by atoms with Crippen LogP contribution in [0.3, 0.4) is 0 Å². The molecule has 1 heterocycles. The number of carbonyl (C=O) groups is 1. The van der Waals surface area contributed by atoms with Crippen molar-refractivity contribution in [2.75, 3.05) is 0 Å². The Morgan fingerprint density at radius 2 is 2.03 bits per heavy atom. The molecular weight excluding hydrogens is 380 g/mol. The number of ether oxygens (including phenoxy) is 1. The predicted octanol–water partition coefficient (Wildman–Crippen LogP) is 4.46. The molecular formula is C23H22N4O3. The number of rotatable bonds is 7. The third-order valence-electron chi connectivity index (χ3n) is 5.09. The van der Waals surface area contributed by atoms with Gasteiger partial charge in [-0.1, -0.05) is 37.6 Å². The Kier molecular flexibility index (Phi) is 5.43. The first-order valence-corrected chi connectivity index (χ1v) is 9.82. The van der Waals surface area contributed by atoms with Crippen LogP contribution >= 0.6 is 0 Å². The summed E-state index contributed by atoms with van der Waals surface area (Å²) in [5.74, 6) is 1.17. The van der Waals surface area contributed by atoms with Crippen LogP contribution in [0.1, 0.15) is 41.8 Å². The molecule has 0 amide bonds. The Bertz CT molecular complexity index is 1200. The van der Waals surface area contributed by atoms with Crippen molar-refractivity contribution in [2.24, 2.45) is 0 Å². The first kappa shape index (κ1) is 19.6. The Labute approximate surface area is 173 Å². The van der Waals surface area contributed by atoms with Gasteiger partial charge in [0.25, 0.3) is 0 Å². The van der Waals surface area contributed by atoms with Crippen LogP contribution in [0, 0.1) is 0 Å². The van der Waals surface area contributed by atoms with Crippen LogP contribution < -0.4 is 4.74 Å². The van der Waals surface area contributed by atoms with Crippen molar-refractivity contribution < 1.29 is 14.6 Å². The van der Waals surface area contributed by atoms with E-state index in [4.69, 9.17) is 4.74 Å². The van der Waals surface area contributed by atoms with E-state index in [1.807, 2.05) is 49.4 Å². The number of carbonyl (C=O) groups excluding carboxylic acids is 1. The number of aromatic hydroxyl groups is 1. The lowest BCUT2D eigenvalue weighted by Crippen LogP contribution is -2.04. The largest absolute Gasteiger partial charge is 0.507 e. The topological polar surface area (TPSA) is 101 Å². The van der Waals surface area contributed by atoms with E-state index in [9.17, 15) is 9.90 Å². The van der Waals surface area contributed by atoms with Gasteiger partial charge in [0.05, 0.1) is 5.56 Å². The molecule has 0 saturated heterocycles. The number of tetrazole rings is 1. The van der Waals surface area contributed by atoms with E-state index >= 15 is 0 Å². The zero-order valence-corrected chi connectivity index (χ0v) is 16.8. The van der Waals surface area contributed by atoms with Gasteiger partial charge in [-0.2, -0.15) is 5.21 Å². The fourth-order valence-electron chi connectivity index (χ4n) is 3.61. The van der Waals surface area contributed by atoms with E-state index in [1.54, 1.807) is 6.07 Å². The van der Waals surface area contributed by atoms with Crippen molar-refractivity contribution in [3.63, 3.8) is 0 Å². The fraction of sp³-hybridized carbons (Fsp3) is 0.217. The second-order valence-corrected chi connectivity index (χ2v) is 7.12. The van der Waals surface area contributed by atoms with E-state index in [0.29, 0.717) is 30.2 Å². The normalized spacial score (nSPS) is 11.0. The van der Waals surface area contributed by atoms with Gasteiger partial charge >= 0.3 is 0 Å². The highest BCUT2D eigenvalue weighted by Gasteiger charge is 2.15. The maximum absolute atomic E-state index is 11.7. The summed E-state index contributed by atoms with van der Waals surface area (Å²) in [5, 5.41) is 26.8. The van der Waals surface area contributed by atoms with Crippen molar-refractivity contribution in [1.29, 1.82) is 0 Å². The number of H-pyrrole nitrogens is 1. The van der Waals surface area contributed by atoms with Crippen molar-refractivity contribution in [1.82, 2.24) is 20.6 Å². The van der Waals surface area contributed by atoms with Gasteiger partial charge in [-0.15, -0.1) is 10.2 Å². The minimum Gasteiger partial charge on any atom is -0.507 e. The first-order valence-electron chi connectivity index (χ1n) is 9.82. The number of hydrogen-bond donors (Lipinski definition) is 2. The summed E-state index contributed by atoms with van der Waals surface area (Å²) in [6.07, 6.45) is 1.54. The molecule has 152 valence electrons. The molecule has 0 aliphatic rings. The maximum atomic E-state index is 11.7. The average Bonchev–Trinajstić information content (AvgIpc) is 3.28. The molecule has 0 spiro atoms. The quantitative estimate of drug-likeness (QED) is 0.443. The van der Waals surface area contributed by atoms with Crippen molar-refractivity contribution >= 4 is 16.6 Å². The molecule has 7 nitrogen and oxygen atoms in total. The van der Waals surface area contributed by atoms with Gasteiger partial charge < -0.3 is 9.84 Å². The van der Waals surface area contributed by atoms with E-state index in [-0.39, 0.29) is 11.5 Å². The number of phenols is 1. The summed E-state index contributed by atoms with van der Waals surface area (Å²) < 4.78 is 6.03. The van der Waals surface area contributed by atoms with Crippen LogP contribution in [0.5, 0.6) is 11.5 Å². The Morgan fingerprint density at radius 3 is 2.77 bits per heavy atom. The molecule has 0 aliphatic heterocycles. The summed E-state index contributed by atoms with van der Waals surface area (Å²) in [4.78, 5) is 11.7. The SMILES string of the molecule is CCCc1c(COc2ccc3c(-c4nn[nH]n4)cccc3c2)ccc(C(C)=O)c1O. The molecule has 1 aromatic heterocycles. The van der Waals surface area contributed by atoms with Gasteiger partial charge in [-0.05, 0) is 59.2 Å². The summed E-state index contributed by atoms with van der Waals surface area (Å²) in [6.45, 7) is 3.80. The maximum Gasteiger partial charge on any atom is 0.205 e. The lowest BCUT2D eigenvalue weighted by atomic mass is 9.97. The van der Waals surface area contributed by atoms with Crippen LogP contribution in [0.15, 0.2) is 48.5 Å². The van der Waals surface area contributed by atoms with Crippen molar-refractivity contribution in [2.45, 2.75) is 33.3 Å². The Balaban J connectivity index is 1.61. The molecule has 0 saturated carbocycles. The molecule has 2 N–H and O–H groups in total. The van der Waals surface area contributed by atoms with Gasteiger partial charge in [0.1, 0.15) is 18.1 Å².